The van der Waals surface area contributed by atoms with Crippen molar-refractivity contribution < 1.29 is 4.79 Å². The predicted octanol–water partition coefficient (Wildman–Crippen LogP) is -0.803. The quantitative estimate of drug-likeness (QED) is 0.639. The fourth-order valence-corrected chi connectivity index (χ4v) is 1.22. The Bertz CT molecular complexity index is 494. The van der Waals surface area contributed by atoms with Crippen molar-refractivity contribution in [3.05, 3.63) is 12.1 Å². The number of hydrogen-bond donors (Lipinski definition) is 2. The molecule has 2 aromatic rings. The molecule has 3 N–H and O–H groups in total. The number of primary amides is 1. The molecule has 0 saturated carbocycles. The average molecular weight is 221 g/mol. The van der Waals surface area contributed by atoms with E-state index in [1.54, 1.807) is 12.1 Å². The molecule has 0 radical (unpaired) electrons. The maximum atomic E-state index is 10.5. The highest BCUT2D eigenvalue weighted by molar-refractivity contribution is 5.73. The largest absolute Gasteiger partial charge is 0.370 e. The molecule has 0 aliphatic carbocycles. The Labute approximate surface area is 90.8 Å². The number of amides is 1. The minimum Gasteiger partial charge on any atom is -0.370 e. The van der Waals surface area contributed by atoms with Gasteiger partial charge in [0.1, 0.15) is 5.82 Å². The van der Waals surface area contributed by atoms with Crippen LogP contribution >= 0.6 is 0 Å². The SMILES string of the molecule is NC(=O)CCCNc1ccc2nnnn2n1. The molecule has 8 nitrogen and oxygen atoms in total. The summed E-state index contributed by atoms with van der Waals surface area (Å²) in [5, 5.41) is 18.0. The van der Waals surface area contributed by atoms with Crippen molar-refractivity contribution in [3.8, 4) is 0 Å². The Hall–Kier alpha value is -2.25. The summed E-state index contributed by atoms with van der Waals surface area (Å²) >= 11 is 0. The first kappa shape index (κ1) is 10.3. The van der Waals surface area contributed by atoms with Crippen molar-refractivity contribution >= 4 is 17.4 Å². The van der Waals surface area contributed by atoms with Crippen molar-refractivity contribution in [2.24, 2.45) is 5.73 Å². The van der Waals surface area contributed by atoms with Crippen molar-refractivity contribution in [2.45, 2.75) is 12.8 Å². The van der Waals surface area contributed by atoms with E-state index in [9.17, 15) is 4.79 Å². The number of fused-ring (bicyclic) bond motifs is 1. The van der Waals surface area contributed by atoms with Gasteiger partial charge in [-0.1, -0.05) is 0 Å². The van der Waals surface area contributed by atoms with Crippen LogP contribution in [0.15, 0.2) is 12.1 Å². The zero-order chi connectivity index (χ0) is 11.4. The molecule has 0 saturated heterocycles. The van der Waals surface area contributed by atoms with Gasteiger partial charge in [0, 0.05) is 13.0 Å². The predicted molar refractivity (Wildman–Crippen MR) is 55.5 cm³/mol. The first-order valence-electron chi connectivity index (χ1n) is 4.83. The molecule has 0 aliphatic rings. The van der Waals surface area contributed by atoms with Gasteiger partial charge in [0.15, 0.2) is 5.65 Å². The van der Waals surface area contributed by atoms with Gasteiger partial charge in [-0.3, -0.25) is 4.79 Å². The molecule has 0 aliphatic heterocycles. The van der Waals surface area contributed by atoms with Gasteiger partial charge in [0.2, 0.25) is 5.91 Å². The molecule has 84 valence electrons. The molecular weight excluding hydrogens is 210 g/mol. The summed E-state index contributed by atoms with van der Waals surface area (Å²) in [6, 6.07) is 3.53. The highest BCUT2D eigenvalue weighted by atomic mass is 16.1. The number of anilines is 1. The van der Waals surface area contributed by atoms with E-state index in [1.165, 1.54) is 4.63 Å². The number of carbonyl (C=O) groups excluding carboxylic acids is 1. The summed E-state index contributed by atoms with van der Waals surface area (Å²) in [5.74, 6) is 0.356. The second-order valence-corrected chi connectivity index (χ2v) is 3.24. The van der Waals surface area contributed by atoms with Gasteiger partial charge >= 0.3 is 0 Å². The van der Waals surface area contributed by atoms with Gasteiger partial charge in [0.25, 0.3) is 0 Å². The van der Waals surface area contributed by atoms with E-state index in [1.807, 2.05) is 0 Å². The fourth-order valence-electron chi connectivity index (χ4n) is 1.22. The number of hydrogen-bond acceptors (Lipinski definition) is 6. The first-order chi connectivity index (χ1) is 7.75. The number of nitrogens with one attached hydrogen (secondary N) is 1. The van der Waals surface area contributed by atoms with Crippen molar-refractivity contribution in [2.75, 3.05) is 11.9 Å². The monoisotopic (exact) mass is 221 g/mol. The van der Waals surface area contributed by atoms with E-state index in [-0.39, 0.29) is 5.91 Å². The normalized spacial score (nSPS) is 10.5. The van der Waals surface area contributed by atoms with Crippen LogP contribution < -0.4 is 11.1 Å². The van der Waals surface area contributed by atoms with Gasteiger partial charge in [-0.05, 0) is 29.0 Å². The smallest absolute Gasteiger partial charge is 0.217 e. The third-order valence-electron chi connectivity index (χ3n) is 1.98. The number of nitrogens with zero attached hydrogens (tertiary/aromatic N) is 5. The second-order valence-electron chi connectivity index (χ2n) is 3.24. The standard InChI is InChI=1S/C8H11N7O/c9-6(16)2-1-5-10-7-3-4-8-11-13-14-15(8)12-7/h3-4H,1-2,5H2,(H2,9,16)(H,10,12). The van der Waals surface area contributed by atoms with Crippen molar-refractivity contribution in [3.63, 3.8) is 0 Å². The number of tetrazole rings is 1. The molecule has 0 atom stereocenters. The number of rotatable bonds is 5. The Balaban J connectivity index is 1.91. The summed E-state index contributed by atoms with van der Waals surface area (Å²) in [5.41, 5.74) is 5.61. The number of aromatic nitrogens is 5. The van der Waals surface area contributed by atoms with Gasteiger partial charge in [-0.15, -0.1) is 14.8 Å². The average Bonchev–Trinajstić information content (AvgIpc) is 2.71. The first-order valence-corrected chi connectivity index (χ1v) is 4.83. The van der Waals surface area contributed by atoms with Crippen LogP contribution in [0.3, 0.4) is 0 Å². The van der Waals surface area contributed by atoms with E-state index < -0.39 is 0 Å². The highest BCUT2D eigenvalue weighted by Crippen LogP contribution is 2.03. The number of nitrogens with two attached hydrogens (primary N) is 1. The molecule has 2 heterocycles. The van der Waals surface area contributed by atoms with Crippen molar-refractivity contribution in [1.29, 1.82) is 0 Å². The lowest BCUT2D eigenvalue weighted by Crippen LogP contribution is -2.13. The Kier molecular flexibility index (Phi) is 2.90. The van der Waals surface area contributed by atoms with E-state index in [4.69, 9.17) is 5.73 Å². The van der Waals surface area contributed by atoms with Crippen LogP contribution in [0.4, 0.5) is 5.82 Å². The molecular formula is C8H11N7O. The van der Waals surface area contributed by atoms with Crippen LogP contribution in [0.25, 0.3) is 5.65 Å². The Morgan fingerprint density at radius 3 is 3.19 bits per heavy atom. The van der Waals surface area contributed by atoms with Crippen LogP contribution in [-0.2, 0) is 4.79 Å². The maximum absolute atomic E-state index is 10.5. The molecule has 0 unspecified atom stereocenters. The minimum atomic E-state index is -0.300. The lowest BCUT2D eigenvalue weighted by atomic mass is 10.3. The molecule has 8 heteroatoms. The zero-order valence-corrected chi connectivity index (χ0v) is 8.50. The Morgan fingerprint density at radius 1 is 1.50 bits per heavy atom. The number of carbonyl (C=O) groups is 1. The van der Waals surface area contributed by atoms with Gasteiger partial charge in [-0.25, -0.2) is 0 Å². The molecule has 0 fully saturated rings. The van der Waals surface area contributed by atoms with E-state index in [0.717, 1.165) is 0 Å². The maximum Gasteiger partial charge on any atom is 0.217 e. The summed E-state index contributed by atoms with van der Waals surface area (Å²) < 4.78 is 1.33. The summed E-state index contributed by atoms with van der Waals surface area (Å²) in [6.45, 7) is 0.629. The summed E-state index contributed by atoms with van der Waals surface area (Å²) in [7, 11) is 0. The van der Waals surface area contributed by atoms with E-state index in [0.29, 0.717) is 30.9 Å². The lowest BCUT2D eigenvalue weighted by molar-refractivity contribution is -0.118. The van der Waals surface area contributed by atoms with Crippen LogP contribution in [0, 0.1) is 0 Å². The van der Waals surface area contributed by atoms with Crippen LogP contribution in [0.1, 0.15) is 12.8 Å². The lowest BCUT2D eigenvalue weighted by Gasteiger charge is -2.03. The molecule has 0 bridgehead atoms. The molecule has 2 aromatic heterocycles. The van der Waals surface area contributed by atoms with Gasteiger partial charge in [0.05, 0.1) is 0 Å². The van der Waals surface area contributed by atoms with Gasteiger partial charge < -0.3 is 11.1 Å². The molecule has 0 aromatic carbocycles. The fraction of sp³-hybridized carbons (Fsp3) is 0.375. The second kappa shape index (κ2) is 4.51. The molecule has 1 amide bonds. The molecule has 16 heavy (non-hydrogen) atoms. The zero-order valence-electron chi connectivity index (χ0n) is 8.50. The van der Waals surface area contributed by atoms with Gasteiger partial charge in [-0.2, -0.15) is 0 Å². The molecule has 0 spiro atoms. The summed E-state index contributed by atoms with van der Waals surface area (Å²) in [6.07, 6.45) is 1.03. The van der Waals surface area contributed by atoms with Crippen LogP contribution in [0.2, 0.25) is 0 Å². The van der Waals surface area contributed by atoms with Crippen LogP contribution in [0.5, 0.6) is 0 Å². The van der Waals surface area contributed by atoms with Crippen molar-refractivity contribution in [1.82, 2.24) is 25.3 Å². The molecule has 2 rings (SSSR count). The third-order valence-corrected chi connectivity index (χ3v) is 1.98. The van der Waals surface area contributed by atoms with E-state index in [2.05, 4.69) is 25.9 Å². The third kappa shape index (κ3) is 2.41. The van der Waals surface area contributed by atoms with Crippen LogP contribution in [-0.4, -0.2) is 37.7 Å². The topological polar surface area (TPSA) is 111 Å². The Morgan fingerprint density at radius 2 is 2.38 bits per heavy atom. The van der Waals surface area contributed by atoms with E-state index >= 15 is 0 Å². The minimum absolute atomic E-state index is 0.300. The highest BCUT2D eigenvalue weighted by Gasteiger charge is 2.00. The summed E-state index contributed by atoms with van der Waals surface area (Å²) in [4.78, 5) is 10.5.